The molecule has 1 aromatic heterocycles. The van der Waals surface area contributed by atoms with Gasteiger partial charge >= 0.3 is 0 Å². The Morgan fingerprint density at radius 2 is 2.00 bits per heavy atom. The molecule has 0 saturated heterocycles. The second-order valence-corrected chi connectivity index (χ2v) is 7.39. The first-order valence-electron chi connectivity index (χ1n) is 8.98. The molecule has 0 radical (unpaired) electrons. The molecule has 1 aliphatic heterocycles. The largest absolute Gasteiger partial charge is 0.394 e. The van der Waals surface area contributed by atoms with Crippen molar-refractivity contribution in [3.8, 4) is 0 Å². The van der Waals surface area contributed by atoms with Crippen molar-refractivity contribution >= 4 is 23.4 Å². The number of nitrogens with zero attached hydrogens (tertiary/aromatic N) is 3. The number of aryl methyl sites for hydroxylation is 1. The van der Waals surface area contributed by atoms with E-state index < -0.39 is 0 Å². The van der Waals surface area contributed by atoms with Crippen LogP contribution < -0.4 is 16.4 Å². The Morgan fingerprint density at radius 1 is 1.25 bits per heavy atom. The average molecular weight is 326 g/mol. The number of aromatic nitrogens is 2. The molecule has 2 fully saturated rings. The number of hydrogen-bond acceptors (Lipinski definition) is 6. The number of nitrogen functional groups attached to an aromatic ring is 1. The summed E-state index contributed by atoms with van der Waals surface area (Å²) in [4.78, 5) is 14.1. The van der Waals surface area contributed by atoms with Gasteiger partial charge in [0.25, 0.3) is 0 Å². The molecule has 6 heteroatoms. The van der Waals surface area contributed by atoms with Crippen LogP contribution in [-0.2, 0) is 0 Å². The molecule has 2 heterocycles. The maximum absolute atomic E-state index is 6.24. The van der Waals surface area contributed by atoms with E-state index in [0.717, 1.165) is 34.5 Å². The second-order valence-electron chi connectivity index (χ2n) is 7.39. The fraction of sp³-hybridized carbons (Fsp3) is 0.611. The van der Waals surface area contributed by atoms with E-state index in [-0.39, 0.29) is 6.04 Å². The van der Waals surface area contributed by atoms with Crippen molar-refractivity contribution in [1.29, 1.82) is 0 Å². The third kappa shape index (κ3) is 2.85. The van der Waals surface area contributed by atoms with Gasteiger partial charge in [-0.3, -0.25) is 0 Å². The van der Waals surface area contributed by atoms with E-state index in [4.69, 9.17) is 10.7 Å². The number of aliphatic imine (C=N–C) groups is 1. The van der Waals surface area contributed by atoms with Crippen LogP contribution in [-0.4, -0.2) is 28.4 Å². The van der Waals surface area contributed by atoms with Gasteiger partial charge in [-0.2, -0.15) is 0 Å². The summed E-state index contributed by atoms with van der Waals surface area (Å²) < 4.78 is 0. The van der Waals surface area contributed by atoms with Gasteiger partial charge in [0.2, 0.25) is 0 Å². The summed E-state index contributed by atoms with van der Waals surface area (Å²) >= 11 is 0. The van der Waals surface area contributed by atoms with Crippen LogP contribution in [0, 0.1) is 18.8 Å². The van der Waals surface area contributed by atoms with Gasteiger partial charge in [0.05, 0.1) is 29.5 Å². The molecule has 128 valence electrons. The first kappa shape index (κ1) is 15.4. The van der Waals surface area contributed by atoms with E-state index in [0.29, 0.717) is 17.6 Å². The smallest absolute Gasteiger partial charge is 0.161 e. The summed E-state index contributed by atoms with van der Waals surface area (Å²) in [6.45, 7) is 6.30. The Morgan fingerprint density at radius 3 is 2.67 bits per heavy atom. The van der Waals surface area contributed by atoms with Gasteiger partial charge in [-0.15, -0.1) is 0 Å². The van der Waals surface area contributed by atoms with E-state index in [2.05, 4.69) is 34.5 Å². The molecule has 0 bridgehead atoms. The summed E-state index contributed by atoms with van der Waals surface area (Å²) in [7, 11) is 0. The zero-order valence-electron chi connectivity index (χ0n) is 14.6. The van der Waals surface area contributed by atoms with Crippen LogP contribution in [0.2, 0.25) is 0 Å². The highest BCUT2D eigenvalue weighted by Gasteiger charge is 2.34. The van der Waals surface area contributed by atoms with Gasteiger partial charge in [0.1, 0.15) is 0 Å². The van der Waals surface area contributed by atoms with E-state index >= 15 is 0 Å². The molecule has 3 aliphatic rings. The molecule has 2 aliphatic carbocycles. The van der Waals surface area contributed by atoms with Crippen LogP contribution in [0.1, 0.15) is 51.0 Å². The van der Waals surface area contributed by atoms with Crippen LogP contribution in [0.3, 0.4) is 0 Å². The minimum Gasteiger partial charge on any atom is -0.394 e. The van der Waals surface area contributed by atoms with E-state index in [1.165, 1.54) is 25.7 Å². The van der Waals surface area contributed by atoms with Crippen LogP contribution >= 0.6 is 0 Å². The highest BCUT2D eigenvalue weighted by molar-refractivity contribution is 5.78. The fourth-order valence-corrected chi connectivity index (χ4v) is 3.33. The summed E-state index contributed by atoms with van der Waals surface area (Å²) in [5.41, 5.74) is 9.98. The highest BCUT2D eigenvalue weighted by Crippen LogP contribution is 2.42. The van der Waals surface area contributed by atoms with Crippen molar-refractivity contribution < 1.29 is 0 Å². The van der Waals surface area contributed by atoms with Crippen LogP contribution in [0.4, 0.5) is 11.5 Å². The lowest BCUT2D eigenvalue weighted by Gasteiger charge is -2.24. The van der Waals surface area contributed by atoms with Crippen molar-refractivity contribution in [3.63, 3.8) is 0 Å². The van der Waals surface area contributed by atoms with Gasteiger partial charge in [-0.25, -0.2) is 15.0 Å². The molecule has 2 saturated carbocycles. The van der Waals surface area contributed by atoms with Gasteiger partial charge in [-0.1, -0.05) is 0 Å². The number of rotatable bonds is 5. The first-order chi connectivity index (χ1) is 11.5. The summed E-state index contributed by atoms with van der Waals surface area (Å²) in [5.74, 6) is 2.82. The van der Waals surface area contributed by atoms with E-state index in [9.17, 15) is 0 Å². The number of anilines is 2. The SMILES string of the molecule is Cc1nc(C2=C(C3CC3)N=CNC2C)nc(N[C@@H](C)C2CC2)c1N. The molecular formula is C18H26N6. The van der Waals surface area contributed by atoms with Crippen LogP contribution in [0.15, 0.2) is 10.7 Å². The minimum atomic E-state index is 0.162. The van der Waals surface area contributed by atoms with Crippen LogP contribution in [0.5, 0.6) is 0 Å². The average Bonchev–Trinajstić information content (AvgIpc) is 3.43. The Labute approximate surface area is 143 Å². The zero-order chi connectivity index (χ0) is 16.8. The number of nitrogens with two attached hydrogens (primary N) is 1. The van der Waals surface area contributed by atoms with E-state index in [1.807, 2.05) is 6.92 Å². The predicted molar refractivity (Wildman–Crippen MR) is 97.7 cm³/mol. The molecule has 0 amide bonds. The Bertz CT molecular complexity index is 714. The molecule has 0 aromatic carbocycles. The van der Waals surface area contributed by atoms with Gasteiger partial charge in [0, 0.05) is 17.5 Å². The Kier molecular flexibility index (Phi) is 3.70. The fourth-order valence-electron chi connectivity index (χ4n) is 3.33. The molecule has 0 spiro atoms. The van der Waals surface area contributed by atoms with Crippen LogP contribution in [0.25, 0.3) is 5.57 Å². The van der Waals surface area contributed by atoms with Crippen molar-refractivity contribution in [3.05, 3.63) is 17.2 Å². The lowest BCUT2D eigenvalue weighted by Crippen LogP contribution is -2.31. The molecule has 1 aromatic rings. The standard InChI is InChI=1S/C18H26N6/c1-9(12-4-5-12)22-18-15(19)11(3)23-17(24-18)14-10(2)20-8-21-16(14)13-6-7-13/h8-10,12-13H,4-7,19H2,1-3H3,(H,20,21)(H,22,23,24)/t9-,10?/m0/s1. The Hall–Kier alpha value is -2.11. The lowest BCUT2D eigenvalue weighted by atomic mass is 10.0. The monoisotopic (exact) mass is 326 g/mol. The van der Waals surface area contributed by atoms with Crippen molar-refractivity contribution in [2.75, 3.05) is 11.1 Å². The number of nitrogens with one attached hydrogen (secondary N) is 2. The van der Waals surface area contributed by atoms with E-state index in [1.54, 1.807) is 6.34 Å². The second kappa shape index (κ2) is 5.76. The van der Waals surface area contributed by atoms with Gasteiger partial charge in [-0.05, 0) is 52.4 Å². The summed E-state index contributed by atoms with van der Waals surface area (Å²) in [6, 6.07) is 0.557. The molecule has 24 heavy (non-hydrogen) atoms. The van der Waals surface area contributed by atoms with Crippen molar-refractivity contribution in [2.24, 2.45) is 16.8 Å². The summed E-state index contributed by atoms with van der Waals surface area (Å²) in [6.07, 6.45) is 6.80. The quantitative estimate of drug-likeness (QED) is 0.774. The number of hydrogen-bond donors (Lipinski definition) is 3. The first-order valence-corrected chi connectivity index (χ1v) is 8.98. The molecule has 2 atom stereocenters. The maximum Gasteiger partial charge on any atom is 0.161 e. The maximum atomic E-state index is 6.24. The Balaban J connectivity index is 1.74. The third-order valence-electron chi connectivity index (χ3n) is 5.27. The van der Waals surface area contributed by atoms with Crippen molar-refractivity contribution in [2.45, 2.75) is 58.5 Å². The highest BCUT2D eigenvalue weighted by atomic mass is 15.1. The lowest BCUT2D eigenvalue weighted by molar-refractivity contribution is 0.689. The molecule has 1 unspecified atom stereocenters. The van der Waals surface area contributed by atoms with Gasteiger partial charge in [0.15, 0.2) is 11.6 Å². The predicted octanol–water partition coefficient (Wildman–Crippen LogP) is 2.72. The van der Waals surface area contributed by atoms with Gasteiger partial charge < -0.3 is 16.4 Å². The topological polar surface area (TPSA) is 88.2 Å². The molecular weight excluding hydrogens is 300 g/mol. The number of allylic oxidation sites excluding steroid dienone is 1. The minimum absolute atomic E-state index is 0.162. The summed E-state index contributed by atoms with van der Waals surface area (Å²) in [5, 5.41) is 6.79. The normalized spacial score (nSPS) is 24.7. The molecule has 4 rings (SSSR count). The third-order valence-corrected chi connectivity index (χ3v) is 5.27. The molecule has 6 nitrogen and oxygen atoms in total. The zero-order valence-corrected chi connectivity index (χ0v) is 14.6. The molecule has 4 N–H and O–H groups in total. The van der Waals surface area contributed by atoms with Crippen molar-refractivity contribution in [1.82, 2.24) is 15.3 Å².